The number of rotatable bonds is 4. The van der Waals surface area contributed by atoms with E-state index in [-0.39, 0.29) is 35.6 Å². The van der Waals surface area contributed by atoms with Gasteiger partial charge >= 0.3 is 6.09 Å². The number of fused-ring (bicyclic) bond motifs is 2. The van der Waals surface area contributed by atoms with Crippen molar-refractivity contribution >= 4 is 16.2 Å². The van der Waals surface area contributed by atoms with Gasteiger partial charge in [-0.3, -0.25) is 4.18 Å². The second kappa shape index (κ2) is 6.85. The van der Waals surface area contributed by atoms with Crippen LogP contribution in [-0.2, 0) is 19.0 Å². The Morgan fingerprint density at radius 1 is 1.19 bits per heavy atom. The molecule has 3 atom stereocenters. The number of amides is 1. The van der Waals surface area contributed by atoms with E-state index >= 15 is 0 Å². The van der Waals surface area contributed by atoms with Crippen LogP contribution in [0.15, 0.2) is 29.2 Å². The average molecular weight is 381 g/mol. The van der Waals surface area contributed by atoms with Gasteiger partial charge in [0.15, 0.2) is 0 Å². The standard InChI is InChI=1S/C19H27NO5S/c1-13-5-8-16(9-6-13)26(22,23)24-12-14-11-15-7-10-17(14)20(15)18(21)25-19(2,3)4/h5-6,8-9,14-15,17H,7,10-12H2,1-4H3/t14-,15-,17+/m0/s1. The maximum atomic E-state index is 12.5. The van der Waals surface area contributed by atoms with Gasteiger partial charge in [0.1, 0.15) is 5.60 Å². The molecule has 1 aromatic rings. The highest BCUT2D eigenvalue weighted by Gasteiger charge is 2.50. The lowest BCUT2D eigenvalue weighted by Crippen LogP contribution is -2.41. The first-order chi connectivity index (χ1) is 12.1. The number of ether oxygens (including phenoxy) is 1. The van der Waals surface area contributed by atoms with Gasteiger partial charge in [0.05, 0.1) is 11.5 Å². The van der Waals surface area contributed by atoms with Crippen molar-refractivity contribution in [2.45, 2.75) is 69.5 Å². The Hall–Kier alpha value is -1.60. The second-order valence-electron chi connectivity index (χ2n) is 8.23. The molecule has 0 unspecified atom stereocenters. The summed E-state index contributed by atoms with van der Waals surface area (Å²) in [6.45, 7) is 7.53. The lowest BCUT2D eigenvalue weighted by atomic mass is 9.90. The third-order valence-corrected chi connectivity index (χ3v) is 6.31. The summed E-state index contributed by atoms with van der Waals surface area (Å²) in [7, 11) is -3.78. The third-order valence-electron chi connectivity index (χ3n) is 5.02. The van der Waals surface area contributed by atoms with E-state index in [1.54, 1.807) is 29.2 Å². The molecule has 144 valence electrons. The number of benzene rings is 1. The van der Waals surface area contributed by atoms with E-state index < -0.39 is 15.7 Å². The molecule has 2 bridgehead atoms. The number of nitrogens with zero attached hydrogens (tertiary/aromatic N) is 1. The van der Waals surface area contributed by atoms with Crippen molar-refractivity contribution in [1.82, 2.24) is 4.90 Å². The van der Waals surface area contributed by atoms with Crippen LogP contribution in [0.25, 0.3) is 0 Å². The Kier molecular flexibility index (Phi) is 5.05. The molecule has 2 heterocycles. The summed E-state index contributed by atoms with van der Waals surface area (Å²) in [5, 5.41) is 0. The summed E-state index contributed by atoms with van der Waals surface area (Å²) >= 11 is 0. The van der Waals surface area contributed by atoms with Gasteiger partial charge in [-0.15, -0.1) is 0 Å². The Bertz CT molecular complexity index is 766. The van der Waals surface area contributed by atoms with Crippen molar-refractivity contribution < 1.29 is 22.1 Å². The van der Waals surface area contributed by atoms with Gasteiger partial charge in [0.25, 0.3) is 10.1 Å². The van der Waals surface area contributed by atoms with Crippen LogP contribution in [0.5, 0.6) is 0 Å². The zero-order valence-corrected chi connectivity index (χ0v) is 16.6. The van der Waals surface area contributed by atoms with Crippen molar-refractivity contribution in [1.29, 1.82) is 0 Å². The number of aryl methyl sites for hydroxylation is 1. The molecule has 0 saturated carbocycles. The lowest BCUT2D eigenvalue weighted by Gasteiger charge is -2.28. The maximum absolute atomic E-state index is 12.5. The quantitative estimate of drug-likeness (QED) is 0.747. The highest BCUT2D eigenvalue weighted by Crippen LogP contribution is 2.42. The second-order valence-corrected chi connectivity index (χ2v) is 9.85. The first-order valence-electron chi connectivity index (χ1n) is 9.04. The molecule has 2 aliphatic heterocycles. The number of hydrogen-bond acceptors (Lipinski definition) is 5. The Morgan fingerprint density at radius 2 is 1.85 bits per heavy atom. The monoisotopic (exact) mass is 381 g/mol. The molecule has 0 N–H and O–H groups in total. The van der Waals surface area contributed by atoms with Gasteiger partial charge in [-0.2, -0.15) is 8.42 Å². The first-order valence-corrected chi connectivity index (χ1v) is 10.4. The summed E-state index contributed by atoms with van der Waals surface area (Å²) < 4.78 is 35.6. The van der Waals surface area contributed by atoms with E-state index in [0.29, 0.717) is 0 Å². The van der Waals surface area contributed by atoms with Crippen LogP contribution < -0.4 is 0 Å². The zero-order valence-electron chi connectivity index (χ0n) is 15.8. The van der Waals surface area contributed by atoms with Gasteiger partial charge in [-0.1, -0.05) is 17.7 Å². The molecule has 2 fully saturated rings. The molecule has 2 aliphatic rings. The van der Waals surface area contributed by atoms with Crippen LogP contribution in [0, 0.1) is 12.8 Å². The van der Waals surface area contributed by atoms with E-state index in [1.807, 2.05) is 27.7 Å². The molecule has 1 aromatic carbocycles. The smallest absolute Gasteiger partial charge is 0.410 e. The van der Waals surface area contributed by atoms with Gasteiger partial charge in [-0.25, -0.2) is 4.79 Å². The predicted octanol–water partition coefficient (Wildman–Crippen LogP) is 3.49. The minimum Gasteiger partial charge on any atom is -0.444 e. The van der Waals surface area contributed by atoms with Crippen LogP contribution in [0.4, 0.5) is 4.79 Å². The Labute approximate surface area is 155 Å². The van der Waals surface area contributed by atoms with Crippen molar-refractivity contribution in [3.8, 4) is 0 Å². The molecule has 6 nitrogen and oxygen atoms in total. The largest absolute Gasteiger partial charge is 0.444 e. The van der Waals surface area contributed by atoms with E-state index in [4.69, 9.17) is 8.92 Å². The zero-order chi connectivity index (χ0) is 19.1. The fourth-order valence-corrected chi connectivity index (χ4v) is 4.80. The lowest BCUT2D eigenvalue weighted by molar-refractivity contribution is 0.0199. The van der Waals surface area contributed by atoms with Crippen molar-refractivity contribution in [2.24, 2.45) is 5.92 Å². The van der Waals surface area contributed by atoms with E-state index in [2.05, 4.69) is 0 Å². The molecule has 0 aromatic heterocycles. The van der Waals surface area contributed by atoms with E-state index in [9.17, 15) is 13.2 Å². The van der Waals surface area contributed by atoms with Crippen molar-refractivity contribution in [3.63, 3.8) is 0 Å². The number of hydrogen-bond donors (Lipinski definition) is 0. The SMILES string of the molecule is Cc1ccc(S(=O)(=O)OC[C@@H]2C[C@@H]3CC[C@H]2N3C(=O)OC(C)(C)C)cc1. The fraction of sp³-hybridized carbons (Fsp3) is 0.632. The molecule has 26 heavy (non-hydrogen) atoms. The minimum atomic E-state index is -3.78. The van der Waals surface area contributed by atoms with Gasteiger partial charge < -0.3 is 9.64 Å². The molecule has 1 amide bonds. The summed E-state index contributed by atoms with van der Waals surface area (Å²) in [5.74, 6) is 0.0153. The molecule has 0 aliphatic carbocycles. The van der Waals surface area contributed by atoms with Crippen LogP contribution in [0.3, 0.4) is 0 Å². The summed E-state index contributed by atoms with van der Waals surface area (Å²) in [4.78, 5) is 14.4. The molecular formula is C19H27NO5S. The Balaban J connectivity index is 1.63. The van der Waals surface area contributed by atoms with Crippen LogP contribution in [0.1, 0.15) is 45.6 Å². The molecular weight excluding hydrogens is 354 g/mol. The Morgan fingerprint density at radius 3 is 2.46 bits per heavy atom. The summed E-state index contributed by atoms with van der Waals surface area (Å²) in [6, 6.07) is 6.71. The van der Waals surface area contributed by atoms with Gasteiger partial charge in [-0.05, 0) is 59.1 Å². The van der Waals surface area contributed by atoms with Gasteiger partial charge in [0.2, 0.25) is 0 Å². The van der Waals surface area contributed by atoms with Crippen LogP contribution >= 0.6 is 0 Å². The van der Waals surface area contributed by atoms with Crippen LogP contribution in [-0.4, -0.2) is 43.7 Å². The fourth-order valence-electron chi connectivity index (χ4n) is 3.84. The summed E-state index contributed by atoms with van der Waals surface area (Å²) in [6.07, 6.45) is 2.25. The highest BCUT2D eigenvalue weighted by molar-refractivity contribution is 7.86. The predicted molar refractivity (Wildman–Crippen MR) is 97.3 cm³/mol. The number of carbonyl (C=O) groups is 1. The van der Waals surface area contributed by atoms with Crippen LogP contribution in [0.2, 0.25) is 0 Å². The molecule has 2 saturated heterocycles. The summed E-state index contributed by atoms with van der Waals surface area (Å²) in [5.41, 5.74) is 0.449. The molecule has 0 radical (unpaired) electrons. The van der Waals surface area contributed by atoms with Crippen molar-refractivity contribution in [3.05, 3.63) is 29.8 Å². The minimum absolute atomic E-state index is 0.0110. The first kappa shape index (κ1) is 19.2. The third kappa shape index (κ3) is 4.04. The number of carbonyl (C=O) groups excluding carboxylic acids is 1. The van der Waals surface area contributed by atoms with Gasteiger partial charge in [0, 0.05) is 18.0 Å². The molecule has 3 rings (SSSR count). The van der Waals surface area contributed by atoms with Crippen molar-refractivity contribution in [2.75, 3.05) is 6.61 Å². The molecule has 7 heteroatoms. The topological polar surface area (TPSA) is 72.9 Å². The van der Waals surface area contributed by atoms with E-state index in [0.717, 1.165) is 24.8 Å². The molecule has 0 spiro atoms. The maximum Gasteiger partial charge on any atom is 0.410 e. The van der Waals surface area contributed by atoms with E-state index in [1.165, 1.54) is 0 Å². The normalized spacial score (nSPS) is 25.5. The highest BCUT2D eigenvalue weighted by atomic mass is 32.2. The average Bonchev–Trinajstić information content (AvgIpc) is 3.09.